The predicted octanol–water partition coefficient (Wildman–Crippen LogP) is 3.99. The predicted molar refractivity (Wildman–Crippen MR) is 102 cm³/mol. The van der Waals surface area contributed by atoms with E-state index in [9.17, 15) is 28.5 Å². The number of hydrogen-bond acceptors (Lipinski definition) is 4. The van der Waals surface area contributed by atoms with Gasteiger partial charge in [0.2, 0.25) is 5.82 Å². The van der Waals surface area contributed by atoms with Gasteiger partial charge in [-0.2, -0.15) is 4.39 Å². The Morgan fingerprint density at radius 1 is 1.14 bits per heavy atom. The minimum atomic E-state index is -1.04. The van der Waals surface area contributed by atoms with E-state index in [0.29, 0.717) is 0 Å². The van der Waals surface area contributed by atoms with Gasteiger partial charge < -0.3 is 9.88 Å². The third-order valence-corrected chi connectivity index (χ3v) is 4.39. The highest BCUT2D eigenvalue weighted by Gasteiger charge is 2.16. The van der Waals surface area contributed by atoms with Gasteiger partial charge in [0.05, 0.1) is 17.0 Å². The monoisotopic (exact) mass is 419 g/mol. The van der Waals surface area contributed by atoms with E-state index in [2.05, 4.69) is 5.32 Å². The molecule has 0 aliphatic carbocycles. The van der Waals surface area contributed by atoms with Crippen molar-refractivity contribution in [2.45, 2.75) is 6.54 Å². The molecule has 1 aromatic heterocycles. The van der Waals surface area contributed by atoms with Gasteiger partial charge in [0, 0.05) is 34.6 Å². The number of anilines is 1. The Kier molecular flexibility index (Phi) is 5.69. The number of aromatic nitrogens is 1. The van der Waals surface area contributed by atoms with Crippen LogP contribution in [0.15, 0.2) is 59.5 Å². The van der Waals surface area contributed by atoms with Crippen LogP contribution in [0.2, 0.25) is 5.02 Å². The number of benzene rings is 2. The molecular weight excluding hydrogens is 408 g/mol. The molecule has 0 unspecified atom stereocenters. The number of halogens is 3. The normalized spacial score (nSPS) is 10.6. The molecule has 1 heterocycles. The third kappa shape index (κ3) is 4.46. The lowest BCUT2D eigenvalue weighted by Gasteiger charge is -2.11. The third-order valence-electron chi connectivity index (χ3n) is 4.04. The van der Waals surface area contributed by atoms with Crippen molar-refractivity contribution in [2.24, 2.45) is 0 Å². The number of pyridine rings is 1. The van der Waals surface area contributed by atoms with E-state index in [4.69, 9.17) is 11.6 Å². The van der Waals surface area contributed by atoms with Gasteiger partial charge in [-0.1, -0.05) is 17.7 Å². The summed E-state index contributed by atoms with van der Waals surface area (Å²) in [6.45, 7) is -0.201. The van der Waals surface area contributed by atoms with E-state index in [1.54, 1.807) is 0 Å². The Morgan fingerprint density at radius 3 is 2.59 bits per heavy atom. The van der Waals surface area contributed by atoms with Gasteiger partial charge in [0.15, 0.2) is 0 Å². The molecule has 29 heavy (non-hydrogen) atoms. The molecule has 0 bridgehead atoms. The average molecular weight is 420 g/mol. The quantitative estimate of drug-likeness (QED) is 0.499. The van der Waals surface area contributed by atoms with Crippen LogP contribution in [0.25, 0.3) is 0 Å². The molecule has 0 aliphatic heterocycles. The number of nitrogens with zero attached hydrogens (tertiary/aromatic N) is 2. The van der Waals surface area contributed by atoms with Crippen LogP contribution >= 0.6 is 11.6 Å². The standard InChI is InChI=1S/C19H12ClF2N3O4/c20-14-2-1-3-15(21)13(14)10-24-9-11(4-7-18(24)26)19(27)23-12-5-6-16(22)17(8-12)25(28)29/h1-9H,10H2,(H,23,27). The van der Waals surface area contributed by atoms with Gasteiger partial charge in [-0.25, -0.2) is 4.39 Å². The van der Waals surface area contributed by atoms with E-state index in [1.165, 1.54) is 30.5 Å². The molecule has 1 N–H and O–H groups in total. The number of nitro groups is 1. The molecule has 3 aromatic rings. The lowest BCUT2D eigenvalue weighted by Crippen LogP contribution is -2.23. The molecule has 1 amide bonds. The summed E-state index contributed by atoms with van der Waals surface area (Å²) in [5.74, 6) is -2.33. The molecular formula is C19H12ClF2N3O4. The zero-order valence-corrected chi connectivity index (χ0v) is 15.3. The largest absolute Gasteiger partial charge is 0.322 e. The van der Waals surface area contributed by atoms with Crippen molar-refractivity contribution in [1.82, 2.24) is 4.57 Å². The highest BCUT2D eigenvalue weighted by molar-refractivity contribution is 6.31. The number of nitro benzene ring substituents is 1. The van der Waals surface area contributed by atoms with Crippen molar-refractivity contribution in [2.75, 3.05) is 5.32 Å². The zero-order valence-electron chi connectivity index (χ0n) is 14.6. The summed E-state index contributed by atoms with van der Waals surface area (Å²) in [5.41, 5.74) is -1.16. The minimum Gasteiger partial charge on any atom is -0.322 e. The molecule has 0 fully saturated rings. The molecule has 0 radical (unpaired) electrons. The first-order chi connectivity index (χ1) is 13.8. The van der Waals surface area contributed by atoms with Crippen molar-refractivity contribution < 1.29 is 18.5 Å². The fraction of sp³-hybridized carbons (Fsp3) is 0.0526. The lowest BCUT2D eigenvalue weighted by molar-refractivity contribution is -0.387. The molecule has 0 saturated heterocycles. The summed E-state index contributed by atoms with van der Waals surface area (Å²) in [5, 5.41) is 13.3. The van der Waals surface area contributed by atoms with E-state index in [-0.39, 0.29) is 28.4 Å². The van der Waals surface area contributed by atoms with Gasteiger partial charge in [-0.15, -0.1) is 0 Å². The molecule has 0 spiro atoms. The number of rotatable bonds is 5. The molecule has 3 rings (SSSR count). The fourth-order valence-electron chi connectivity index (χ4n) is 2.58. The number of amides is 1. The summed E-state index contributed by atoms with van der Waals surface area (Å²) >= 11 is 5.97. The summed E-state index contributed by atoms with van der Waals surface area (Å²) < 4.78 is 28.5. The summed E-state index contributed by atoms with van der Waals surface area (Å²) in [6, 6.07) is 9.36. The molecule has 10 heteroatoms. The van der Waals surface area contributed by atoms with Crippen molar-refractivity contribution in [3.8, 4) is 0 Å². The summed E-state index contributed by atoms with van der Waals surface area (Å²) in [7, 11) is 0. The smallest absolute Gasteiger partial charge is 0.306 e. The highest BCUT2D eigenvalue weighted by Crippen LogP contribution is 2.22. The van der Waals surface area contributed by atoms with E-state index >= 15 is 0 Å². The fourth-order valence-corrected chi connectivity index (χ4v) is 2.80. The van der Waals surface area contributed by atoms with Crippen molar-refractivity contribution >= 4 is 28.9 Å². The van der Waals surface area contributed by atoms with Gasteiger partial charge in [0.25, 0.3) is 11.5 Å². The second-order valence-electron chi connectivity index (χ2n) is 5.96. The van der Waals surface area contributed by atoms with Crippen molar-refractivity contribution in [3.05, 3.63) is 103 Å². The van der Waals surface area contributed by atoms with Crippen LogP contribution in [0.3, 0.4) is 0 Å². The van der Waals surface area contributed by atoms with E-state index in [0.717, 1.165) is 28.8 Å². The summed E-state index contributed by atoms with van der Waals surface area (Å²) in [6.07, 6.45) is 1.21. The summed E-state index contributed by atoms with van der Waals surface area (Å²) in [4.78, 5) is 34.4. The maximum Gasteiger partial charge on any atom is 0.306 e. The second kappa shape index (κ2) is 8.19. The van der Waals surface area contributed by atoms with E-state index < -0.39 is 33.7 Å². The number of carbonyl (C=O) groups is 1. The lowest BCUT2D eigenvalue weighted by atomic mass is 10.2. The maximum absolute atomic E-state index is 14.0. The zero-order chi connectivity index (χ0) is 21.1. The van der Waals surface area contributed by atoms with Crippen LogP contribution < -0.4 is 10.9 Å². The Morgan fingerprint density at radius 2 is 1.90 bits per heavy atom. The number of hydrogen-bond donors (Lipinski definition) is 1. The molecule has 0 aliphatic rings. The maximum atomic E-state index is 14.0. The van der Waals surface area contributed by atoms with Crippen LogP contribution in [0.5, 0.6) is 0 Å². The highest BCUT2D eigenvalue weighted by atomic mass is 35.5. The first-order valence-corrected chi connectivity index (χ1v) is 8.52. The van der Waals surface area contributed by atoms with Gasteiger partial charge in [-0.05, 0) is 30.3 Å². The molecule has 0 saturated carbocycles. The molecule has 0 atom stereocenters. The van der Waals surface area contributed by atoms with Gasteiger partial charge in [-0.3, -0.25) is 19.7 Å². The molecule has 2 aromatic carbocycles. The Hall–Kier alpha value is -3.59. The number of carbonyl (C=O) groups excluding carboxylic acids is 1. The number of nitrogens with one attached hydrogen (secondary N) is 1. The molecule has 148 valence electrons. The van der Waals surface area contributed by atoms with Crippen LogP contribution in [0.4, 0.5) is 20.2 Å². The topological polar surface area (TPSA) is 94.2 Å². The first-order valence-electron chi connectivity index (χ1n) is 8.15. The van der Waals surface area contributed by atoms with E-state index in [1.807, 2.05) is 0 Å². The second-order valence-corrected chi connectivity index (χ2v) is 6.37. The molecule has 7 nitrogen and oxygen atoms in total. The van der Waals surface area contributed by atoms with Crippen LogP contribution in [-0.4, -0.2) is 15.4 Å². The van der Waals surface area contributed by atoms with Crippen molar-refractivity contribution in [3.63, 3.8) is 0 Å². The Bertz CT molecular complexity index is 1160. The minimum absolute atomic E-state index is 0.00185. The van der Waals surface area contributed by atoms with Crippen molar-refractivity contribution in [1.29, 1.82) is 0 Å². The van der Waals surface area contributed by atoms with Gasteiger partial charge in [0.1, 0.15) is 5.82 Å². The first kappa shape index (κ1) is 20.2. The Labute approximate surface area is 167 Å². The SMILES string of the molecule is O=C(Nc1ccc(F)c([N+](=O)[O-])c1)c1ccc(=O)n(Cc2c(F)cccc2Cl)c1. The average Bonchev–Trinajstić information content (AvgIpc) is 2.67. The van der Waals surface area contributed by atoms with Crippen LogP contribution in [-0.2, 0) is 6.54 Å². The Balaban J connectivity index is 1.88. The van der Waals surface area contributed by atoms with Gasteiger partial charge >= 0.3 is 5.69 Å². The van der Waals surface area contributed by atoms with Crippen LogP contribution in [0, 0.1) is 21.7 Å². The van der Waals surface area contributed by atoms with Crippen LogP contribution in [0.1, 0.15) is 15.9 Å².